The van der Waals surface area contributed by atoms with Gasteiger partial charge in [0.2, 0.25) is 5.78 Å². The maximum absolute atomic E-state index is 13.0. The lowest BCUT2D eigenvalue weighted by Gasteiger charge is -2.55. The fourth-order valence-electron chi connectivity index (χ4n) is 4.63. The fraction of sp³-hybridized carbons (Fsp3) is 0.647. The van der Waals surface area contributed by atoms with Crippen molar-refractivity contribution in [3.8, 4) is 0 Å². The number of aliphatic hydroxyl groups is 2. The number of carbonyl (C=O) groups is 2. The molecule has 0 aromatic heterocycles. The normalized spacial score (nSPS) is 46.1. The van der Waals surface area contributed by atoms with Crippen molar-refractivity contribution < 1.29 is 29.6 Å². The quantitative estimate of drug-likeness (QED) is 0.665. The van der Waals surface area contributed by atoms with E-state index in [2.05, 4.69) is 0 Å². The van der Waals surface area contributed by atoms with E-state index in [4.69, 9.17) is 4.74 Å². The number of rotatable bonds is 3. The Morgan fingerprint density at radius 3 is 2.43 bits per heavy atom. The minimum absolute atomic E-state index is 0.0869. The van der Waals surface area contributed by atoms with Crippen LogP contribution in [-0.2, 0) is 14.3 Å². The zero-order valence-electron chi connectivity index (χ0n) is 13.7. The second kappa shape index (κ2) is 4.32. The van der Waals surface area contributed by atoms with Gasteiger partial charge in [-0.15, -0.1) is 0 Å². The van der Waals surface area contributed by atoms with E-state index in [1.54, 1.807) is 19.9 Å². The number of carbonyl (C=O) groups excluding carboxylic acids is 1. The lowest BCUT2D eigenvalue weighted by atomic mass is 9.49. The van der Waals surface area contributed by atoms with Crippen molar-refractivity contribution in [2.45, 2.75) is 56.5 Å². The molecule has 0 radical (unpaired) electrons. The highest BCUT2D eigenvalue weighted by atomic mass is 16.6. The van der Waals surface area contributed by atoms with Gasteiger partial charge in [0.25, 0.3) is 0 Å². The van der Waals surface area contributed by atoms with Gasteiger partial charge in [0, 0.05) is 12.3 Å². The molecule has 6 heteroatoms. The molecule has 126 valence electrons. The van der Waals surface area contributed by atoms with Crippen molar-refractivity contribution >= 4 is 11.8 Å². The first-order valence-corrected chi connectivity index (χ1v) is 7.69. The van der Waals surface area contributed by atoms with Gasteiger partial charge >= 0.3 is 5.97 Å². The van der Waals surface area contributed by atoms with E-state index >= 15 is 0 Å². The molecule has 1 heterocycles. The van der Waals surface area contributed by atoms with Crippen LogP contribution in [0.3, 0.4) is 0 Å². The van der Waals surface area contributed by atoms with Crippen LogP contribution in [0.1, 0.15) is 34.1 Å². The molecule has 4 bridgehead atoms. The summed E-state index contributed by atoms with van der Waals surface area (Å²) in [4.78, 5) is 24.8. The van der Waals surface area contributed by atoms with Crippen LogP contribution in [-0.4, -0.2) is 49.5 Å². The first kappa shape index (κ1) is 16.4. The average Bonchev–Trinajstić information content (AvgIpc) is 2.57. The van der Waals surface area contributed by atoms with E-state index in [9.17, 15) is 24.9 Å². The van der Waals surface area contributed by atoms with Crippen LogP contribution in [0.15, 0.2) is 23.8 Å². The molecule has 3 N–H and O–H groups in total. The van der Waals surface area contributed by atoms with E-state index in [1.165, 1.54) is 6.08 Å². The third kappa shape index (κ3) is 1.69. The van der Waals surface area contributed by atoms with Crippen molar-refractivity contribution in [3.63, 3.8) is 0 Å². The highest BCUT2D eigenvalue weighted by Gasteiger charge is 2.82. The first-order chi connectivity index (χ1) is 10.4. The van der Waals surface area contributed by atoms with Crippen LogP contribution in [0, 0.1) is 11.8 Å². The topological polar surface area (TPSA) is 104 Å². The van der Waals surface area contributed by atoms with Crippen molar-refractivity contribution in [1.29, 1.82) is 0 Å². The summed E-state index contributed by atoms with van der Waals surface area (Å²) < 4.78 is 5.99. The smallest absolute Gasteiger partial charge is 0.310 e. The number of hydrogen-bond donors (Lipinski definition) is 3. The Balaban J connectivity index is 2.28. The molecular formula is C17H22O6. The highest BCUT2D eigenvalue weighted by molar-refractivity contribution is 6.05. The molecular weight excluding hydrogens is 300 g/mol. The standard InChI is InChI=1S/C17H22O6/c1-9(2)5-6-17-13(20)15(21)7-8-16(17,22)11(10(15)12(18)19)14(3,4)23-17/h5,7-8,10-11,21-22H,6H2,1-4H3,(H,18,19). The van der Waals surface area contributed by atoms with Gasteiger partial charge in [-0.1, -0.05) is 17.7 Å². The number of aliphatic carboxylic acids is 1. The van der Waals surface area contributed by atoms with Gasteiger partial charge in [0.1, 0.15) is 11.5 Å². The summed E-state index contributed by atoms with van der Waals surface area (Å²) in [5.74, 6) is -4.46. The lowest BCUT2D eigenvalue weighted by molar-refractivity contribution is -0.202. The molecule has 0 spiro atoms. The summed E-state index contributed by atoms with van der Waals surface area (Å²) in [7, 11) is 0. The summed E-state index contributed by atoms with van der Waals surface area (Å²) in [5, 5.41) is 31.7. The summed E-state index contributed by atoms with van der Waals surface area (Å²) in [6.45, 7) is 7.02. The van der Waals surface area contributed by atoms with Crippen LogP contribution in [0.2, 0.25) is 0 Å². The monoisotopic (exact) mass is 322 g/mol. The van der Waals surface area contributed by atoms with Crippen LogP contribution < -0.4 is 0 Å². The third-order valence-corrected chi connectivity index (χ3v) is 5.50. The molecule has 3 aliphatic carbocycles. The number of carboxylic acids is 1. The van der Waals surface area contributed by atoms with Crippen molar-refractivity contribution in [3.05, 3.63) is 23.8 Å². The van der Waals surface area contributed by atoms with Gasteiger partial charge in [-0.3, -0.25) is 9.59 Å². The van der Waals surface area contributed by atoms with Gasteiger partial charge in [-0.25, -0.2) is 0 Å². The van der Waals surface area contributed by atoms with Crippen LogP contribution in [0.4, 0.5) is 0 Å². The van der Waals surface area contributed by atoms with E-state index in [0.717, 1.165) is 11.6 Å². The largest absolute Gasteiger partial charge is 0.481 e. The van der Waals surface area contributed by atoms with Gasteiger partial charge in [-0.2, -0.15) is 0 Å². The molecule has 0 aromatic rings. The molecule has 0 aromatic carbocycles. The maximum Gasteiger partial charge on any atom is 0.310 e. The fourth-order valence-corrected chi connectivity index (χ4v) is 4.63. The Labute approximate surface area is 134 Å². The molecule has 1 saturated heterocycles. The van der Waals surface area contributed by atoms with E-state index < -0.39 is 46.0 Å². The number of ether oxygens (including phenoxy) is 1. The first-order valence-electron chi connectivity index (χ1n) is 7.69. The average molecular weight is 322 g/mol. The number of carboxylic acid groups (broad SMARTS) is 1. The minimum Gasteiger partial charge on any atom is -0.481 e. The van der Waals surface area contributed by atoms with Gasteiger partial charge in [-0.05, 0) is 33.8 Å². The number of ketones is 1. The van der Waals surface area contributed by atoms with Crippen LogP contribution in [0.25, 0.3) is 0 Å². The molecule has 6 nitrogen and oxygen atoms in total. The van der Waals surface area contributed by atoms with Crippen molar-refractivity contribution in [1.82, 2.24) is 0 Å². The Hall–Kier alpha value is -1.50. The predicted octanol–water partition coefficient (Wildman–Crippen LogP) is 0.822. The molecule has 23 heavy (non-hydrogen) atoms. The zero-order chi connectivity index (χ0) is 17.4. The summed E-state index contributed by atoms with van der Waals surface area (Å²) >= 11 is 0. The Kier molecular flexibility index (Phi) is 3.07. The SMILES string of the molecule is CC(C)=CCC12OC(C)(C)C3C(C(=O)O)C(O)(C=CC31O)C2=O. The van der Waals surface area contributed by atoms with Crippen LogP contribution >= 0.6 is 0 Å². The van der Waals surface area contributed by atoms with E-state index in [1.807, 2.05) is 13.8 Å². The summed E-state index contributed by atoms with van der Waals surface area (Å²) in [6.07, 6.45) is 4.33. The minimum atomic E-state index is -2.16. The molecule has 4 aliphatic rings. The Morgan fingerprint density at radius 2 is 1.91 bits per heavy atom. The van der Waals surface area contributed by atoms with Crippen LogP contribution in [0.5, 0.6) is 0 Å². The molecule has 5 unspecified atom stereocenters. The van der Waals surface area contributed by atoms with Crippen molar-refractivity contribution in [2.75, 3.05) is 0 Å². The van der Waals surface area contributed by atoms with Gasteiger partial charge < -0.3 is 20.1 Å². The summed E-state index contributed by atoms with van der Waals surface area (Å²) in [6, 6.07) is 0. The zero-order valence-corrected chi connectivity index (χ0v) is 13.7. The van der Waals surface area contributed by atoms with E-state index in [0.29, 0.717) is 0 Å². The lowest BCUT2D eigenvalue weighted by Crippen LogP contribution is -2.76. The third-order valence-electron chi connectivity index (χ3n) is 5.50. The van der Waals surface area contributed by atoms with Gasteiger partial charge in [0.15, 0.2) is 11.2 Å². The molecule has 4 rings (SSSR count). The van der Waals surface area contributed by atoms with E-state index in [-0.39, 0.29) is 6.42 Å². The molecule has 2 fully saturated rings. The Morgan fingerprint density at radius 1 is 1.30 bits per heavy atom. The maximum atomic E-state index is 13.0. The second-order valence-electron chi connectivity index (χ2n) is 7.62. The van der Waals surface area contributed by atoms with Gasteiger partial charge in [0.05, 0.1) is 5.60 Å². The molecule has 1 aliphatic heterocycles. The second-order valence-corrected chi connectivity index (χ2v) is 7.62. The molecule has 5 atom stereocenters. The highest BCUT2D eigenvalue weighted by Crippen LogP contribution is 2.64. The van der Waals surface area contributed by atoms with Crippen molar-refractivity contribution in [2.24, 2.45) is 11.8 Å². The number of hydrogen-bond acceptors (Lipinski definition) is 5. The number of Topliss-reactive ketones (excluding diaryl/α,β-unsaturated/α-hetero) is 1. The summed E-state index contributed by atoms with van der Waals surface area (Å²) in [5.41, 5.74) is -5.71. The number of allylic oxidation sites excluding steroid dienone is 1. The Bertz CT molecular complexity index is 658. The predicted molar refractivity (Wildman–Crippen MR) is 80.6 cm³/mol. The molecule has 1 saturated carbocycles. The molecule has 0 amide bonds.